The van der Waals surface area contributed by atoms with Crippen LogP contribution in [0.5, 0.6) is 0 Å². The lowest BCUT2D eigenvalue weighted by Crippen LogP contribution is -2.38. The standard InChI is InChI=1S/C15H24N2/c1-12-11-13(7-9-16)5-6-14(12)17-10-4-8-15(17,2)3/h5-6,11H,4,7-10,16H2,1-3H3. The number of anilines is 1. The van der Waals surface area contributed by atoms with Gasteiger partial charge in [0.25, 0.3) is 0 Å². The van der Waals surface area contributed by atoms with Crippen LogP contribution >= 0.6 is 0 Å². The summed E-state index contributed by atoms with van der Waals surface area (Å²) in [6.07, 6.45) is 3.57. The van der Waals surface area contributed by atoms with Crippen molar-refractivity contribution in [2.75, 3.05) is 18.0 Å². The number of rotatable bonds is 3. The van der Waals surface area contributed by atoms with Crippen molar-refractivity contribution in [1.29, 1.82) is 0 Å². The van der Waals surface area contributed by atoms with E-state index in [9.17, 15) is 0 Å². The molecule has 94 valence electrons. The van der Waals surface area contributed by atoms with Crippen LogP contribution in [0.15, 0.2) is 18.2 Å². The number of hydrogen-bond acceptors (Lipinski definition) is 2. The van der Waals surface area contributed by atoms with E-state index < -0.39 is 0 Å². The van der Waals surface area contributed by atoms with E-state index in [0.717, 1.165) is 13.0 Å². The summed E-state index contributed by atoms with van der Waals surface area (Å²) in [5.74, 6) is 0. The van der Waals surface area contributed by atoms with Gasteiger partial charge < -0.3 is 10.6 Å². The third-order valence-corrected chi connectivity index (χ3v) is 3.89. The Hall–Kier alpha value is -1.02. The summed E-state index contributed by atoms with van der Waals surface area (Å²) >= 11 is 0. The van der Waals surface area contributed by atoms with Gasteiger partial charge >= 0.3 is 0 Å². The van der Waals surface area contributed by atoms with Crippen molar-refractivity contribution in [3.8, 4) is 0 Å². The van der Waals surface area contributed by atoms with Gasteiger partial charge in [0.05, 0.1) is 0 Å². The van der Waals surface area contributed by atoms with Crippen LogP contribution in [0.2, 0.25) is 0 Å². The molecule has 1 aromatic carbocycles. The quantitative estimate of drug-likeness (QED) is 0.868. The van der Waals surface area contributed by atoms with Crippen molar-refractivity contribution >= 4 is 5.69 Å². The molecule has 0 aliphatic carbocycles. The zero-order valence-corrected chi connectivity index (χ0v) is 11.3. The first-order valence-corrected chi connectivity index (χ1v) is 6.62. The summed E-state index contributed by atoms with van der Waals surface area (Å²) in [5, 5.41) is 0. The summed E-state index contributed by atoms with van der Waals surface area (Å²) in [5.41, 5.74) is 10.0. The monoisotopic (exact) mass is 232 g/mol. The Morgan fingerprint density at radius 2 is 2.12 bits per heavy atom. The average Bonchev–Trinajstić information content (AvgIpc) is 2.59. The first kappa shape index (κ1) is 12.4. The second-order valence-corrected chi connectivity index (χ2v) is 5.73. The van der Waals surface area contributed by atoms with Crippen molar-refractivity contribution < 1.29 is 0 Å². The van der Waals surface area contributed by atoms with E-state index in [1.165, 1.54) is 36.2 Å². The van der Waals surface area contributed by atoms with Crippen LogP contribution in [0, 0.1) is 6.92 Å². The van der Waals surface area contributed by atoms with Crippen LogP contribution in [0.3, 0.4) is 0 Å². The lowest BCUT2D eigenvalue weighted by atomic mass is 9.99. The highest BCUT2D eigenvalue weighted by molar-refractivity contribution is 5.57. The van der Waals surface area contributed by atoms with E-state index in [4.69, 9.17) is 5.73 Å². The first-order chi connectivity index (χ1) is 8.04. The summed E-state index contributed by atoms with van der Waals surface area (Å²) in [6, 6.07) is 6.79. The second kappa shape index (κ2) is 4.69. The molecule has 1 aliphatic rings. The Morgan fingerprint density at radius 3 is 2.65 bits per heavy atom. The average molecular weight is 232 g/mol. The van der Waals surface area contributed by atoms with E-state index in [0.29, 0.717) is 5.54 Å². The van der Waals surface area contributed by atoms with Gasteiger partial charge in [-0.05, 0) is 63.8 Å². The molecule has 0 unspecified atom stereocenters. The molecule has 2 rings (SSSR count). The summed E-state index contributed by atoms with van der Waals surface area (Å²) < 4.78 is 0. The third kappa shape index (κ3) is 2.47. The van der Waals surface area contributed by atoms with Gasteiger partial charge in [-0.1, -0.05) is 12.1 Å². The molecule has 0 spiro atoms. The lowest BCUT2D eigenvalue weighted by Gasteiger charge is -2.35. The largest absolute Gasteiger partial charge is 0.366 e. The van der Waals surface area contributed by atoms with Crippen molar-refractivity contribution in [1.82, 2.24) is 0 Å². The molecule has 1 fully saturated rings. The molecule has 0 radical (unpaired) electrons. The highest BCUT2D eigenvalue weighted by atomic mass is 15.2. The van der Waals surface area contributed by atoms with Gasteiger partial charge in [0.15, 0.2) is 0 Å². The first-order valence-electron chi connectivity index (χ1n) is 6.62. The van der Waals surface area contributed by atoms with Crippen LogP contribution < -0.4 is 10.6 Å². The van der Waals surface area contributed by atoms with Gasteiger partial charge in [-0.25, -0.2) is 0 Å². The van der Waals surface area contributed by atoms with Crippen LogP contribution in [0.4, 0.5) is 5.69 Å². The number of benzene rings is 1. The van der Waals surface area contributed by atoms with Crippen molar-refractivity contribution in [2.45, 2.75) is 45.6 Å². The molecule has 0 atom stereocenters. The van der Waals surface area contributed by atoms with Gasteiger partial charge in [-0.15, -0.1) is 0 Å². The second-order valence-electron chi connectivity index (χ2n) is 5.73. The molecule has 1 saturated heterocycles. The van der Waals surface area contributed by atoms with E-state index in [1.54, 1.807) is 0 Å². The molecule has 1 heterocycles. The van der Waals surface area contributed by atoms with Crippen LogP contribution in [-0.4, -0.2) is 18.6 Å². The Morgan fingerprint density at radius 1 is 1.35 bits per heavy atom. The summed E-state index contributed by atoms with van der Waals surface area (Å²) in [6.45, 7) is 8.81. The Balaban J connectivity index is 2.27. The summed E-state index contributed by atoms with van der Waals surface area (Å²) in [7, 11) is 0. The topological polar surface area (TPSA) is 29.3 Å². The molecule has 1 aliphatic heterocycles. The van der Waals surface area contributed by atoms with Gasteiger partial charge in [-0.2, -0.15) is 0 Å². The molecule has 2 heteroatoms. The normalized spacial score (nSPS) is 18.7. The fourth-order valence-electron chi connectivity index (χ4n) is 2.90. The highest BCUT2D eigenvalue weighted by Crippen LogP contribution is 2.35. The number of aryl methyl sites for hydroxylation is 1. The number of hydrogen-bond donors (Lipinski definition) is 1. The smallest absolute Gasteiger partial charge is 0.0400 e. The molecule has 1 aromatic rings. The van der Waals surface area contributed by atoms with Gasteiger partial charge in [-0.3, -0.25) is 0 Å². The number of nitrogens with zero attached hydrogens (tertiary/aromatic N) is 1. The van der Waals surface area contributed by atoms with Crippen LogP contribution in [0.25, 0.3) is 0 Å². The molecule has 2 N–H and O–H groups in total. The minimum Gasteiger partial charge on any atom is -0.366 e. The van der Waals surface area contributed by atoms with Crippen molar-refractivity contribution in [2.24, 2.45) is 5.73 Å². The van der Waals surface area contributed by atoms with E-state index in [1.807, 2.05) is 0 Å². The minimum absolute atomic E-state index is 0.306. The third-order valence-electron chi connectivity index (χ3n) is 3.89. The Bertz CT molecular complexity index is 396. The molecule has 0 bridgehead atoms. The Labute approximate surface area is 105 Å². The van der Waals surface area contributed by atoms with E-state index >= 15 is 0 Å². The molecule has 0 aromatic heterocycles. The SMILES string of the molecule is Cc1cc(CCN)ccc1N1CCCC1(C)C. The van der Waals surface area contributed by atoms with E-state index in [-0.39, 0.29) is 0 Å². The zero-order valence-electron chi connectivity index (χ0n) is 11.3. The lowest BCUT2D eigenvalue weighted by molar-refractivity contribution is 0.517. The van der Waals surface area contributed by atoms with Crippen molar-refractivity contribution in [3.63, 3.8) is 0 Å². The number of nitrogens with two attached hydrogens (primary N) is 1. The summed E-state index contributed by atoms with van der Waals surface area (Å²) in [4.78, 5) is 2.55. The minimum atomic E-state index is 0.306. The maximum absolute atomic E-state index is 5.60. The van der Waals surface area contributed by atoms with Gasteiger partial charge in [0.1, 0.15) is 0 Å². The molecule has 0 amide bonds. The fourth-order valence-corrected chi connectivity index (χ4v) is 2.90. The molecular weight excluding hydrogens is 208 g/mol. The van der Waals surface area contributed by atoms with Crippen molar-refractivity contribution in [3.05, 3.63) is 29.3 Å². The van der Waals surface area contributed by atoms with E-state index in [2.05, 4.69) is 43.9 Å². The molecule has 0 saturated carbocycles. The van der Waals surface area contributed by atoms with Crippen LogP contribution in [0.1, 0.15) is 37.8 Å². The van der Waals surface area contributed by atoms with Crippen LogP contribution in [-0.2, 0) is 6.42 Å². The van der Waals surface area contributed by atoms with Gasteiger partial charge in [0, 0.05) is 17.8 Å². The zero-order chi connectivity index (χ0) is 12.5. The predicted octanol–water partition coefficient (Wildman–Crippen LogP) is 2.88. The van der Waals surface area contributed by atoms with Gasteiger partial charge in [0.2, 0.25) is 0 Å². The molecular formula is C15H24N2. The Kier molecular flexibility index (Phi) is 3.43. The maximum Gasteiger partial charge on any atom is 0.0400 e. The highest BCUT2D eigenvalue weighted by Gasteiger charge is 2.32. The fraction of sp³-hybridized carbons (Fsp3) is 0.600. The molecule has 17 heavy (non-hydrogen) atoms. The molecule has 2 nitrogen and oxygen atoms in total. The maximum atomic E-state index is 5.60. The predicted molar refractivity (Wildman–Crippen MR) is 74.6 cm³/mol.